The molecule has 0 aromatic carbocycles. The molecule has 72 valence electrons. The van der Waals surface area contributed by atoms with Gasteiger partial charge in [0.05, 0.1) is 24.7 Å². The Morgan fingerprint density at radius 2 is 2.00 bits per heavy atom. The fourth-order valence-corrected chi connectivity index (χ4v) is 0.787. The zero-order valence-electron chi connectivity index (χ0n) is 8.03. The van der Waals surface area contributed by atoms with Gasteiger partial charge in [-0.3, -0.25) is 0 Å². The third kappa shape index (κ3) is 3.73. The fourth-order valence-electron chi connectivity index (χ4n) is 0.787. The molecule has 0 atom stereocenters. The van der Waals surface area contributed by atoms with Crippen molar-refractivity contribution in [1.29, 1.82) is 0 Å². The molecule has 0 spiro atoms. The van der Waals surface area contributed by atoms with E-state index >= 15 is 0 Å². The molecule has 0 aliphatic heterocycles. The molecule has 0 bridgehead atoms. The van der Waals surface area contributed by atoms with Gasteiger partial charge in [0.1, 0.15) is 0 Å². The number of anilines is 1. The number of nitrogens with zero attached hydrogens (tertiary/aromatic N) is 2. The van der Waals surface area contributed by atoms with Crippen LogP contribution in [-0.4, -0.2) is 16.6 Å². The number of nitrogens with two attached hydrogens (primary N) is 1. The molecular formula is C9H15N3O. The van der Waals surface area contributed by atoms with Gasteiger partial charge in [-0.25, -0.2) is 9.97 Å². The molecule has 0 aliphatic rings. The summed E-state index contributed by atoms with van der Waals surface area (Å²) in [5.74, 6) is 0.633. The van der Waals surface area contributed by atoms with Crippen LogP contribution in [0.1, 0.15) is 20.3 Å². The highest BCUT2D eigenvalue weighted by molar-refractivity contribution is 5.30. The Morgan fingerprint density at radius 3 is 2.54 bits per heavy atom. The molecule has 0 saturated heterocycles. The number of aromatic nitrogens is 2. The first-order chi connectivity index (χ1) is 6.18. The van der Waals surface area contributed by atoms with Crippen molar-refractivity contribution in [2.24, 2.45) is 5.92 Å². The Hall–Kier alpha value is -1.32. The molecule has 0 amide bonds. The molecular weight excluding hydrogens is 166 g/mol. The fraction of sp³-hybridized carbons (Fsp3) is 0.556. The molecule has 0 aliphatic carbocycles. The lowest BCUT2D eigenvalue weighted by molar-refractivity contribution is 0.268. The lowest BCUT2D eigenvalue weighted by Crippen LogP contribution is -2.04. The zero-order chi connectivity index (χ0) is 9.68. The van der Waals surface area contributed by atoms with E-state index in [2.05, 4.69) is 23.8 Å². The van der Waals surface area contributed by atoms with Crippen LogP contribution in [0, 0.1) is 5.92 Å². The maximum absolute atomic E-state index is 5.42. The molecule has 0 unspecified atom stereocenters. The SMILES string of the molecule is CC(C)CCOc1ncc(N)cn1. The Kier molecular flexibility index (Phi) is 3.49. The summed E-state index contributed by atoms with van der Waals surface area (Å²) in [5, 5.41) is 0. The Morgan fingerprint density at radius 1 is 1.38 bits per heavy atom. The predicted octanol–water partition coefficient (Wildman–Crippen LogP) is 1.48. The van der Waals surface area contributed by atoms with E-state index in [4.69, 9.17) is 10.5 Å². The number of hydrogen-bond acceptors (Lipinski definition) is 4. The van der Waals surface area contributed by atoms with E-state index in [1.807, 2.05) is 0 Å². The van der Waals surface area contributed by atoms with Crippen LogP contribution in [0.15, 0.2) is 12.4 Å². The van der Waals surface area contributed by atoms with Crippen LogP contribution < -0.4 is 10.5 Å². The van der Waals surface area contributed by atoms with Gasteiger partial charge in [0.25, 0.3) is 0 Å². The van der Waals surface area contributed by atoms with Crippen molar-refractivity contribution in [3.8, 4) is 6.01 Å². The highest BCUT2D eigenvalue weighted by Gasteiger charge is 1.98. The largest absolute Gasteiger partial charge is 0.463 e. The normalized spacial score (nSPS) is 10.4. The molecule has 4 heteroatoms. The monoisotopic (exact) mass is 181 g/mol. The van der Waals surface area contributed by atoms with Gasteiger partial charge < -0.3 is 10.5 Å². The minimum Gasteiger partial charge on any atom is -0.463 e. The topological polar surface area (TPSA) is 61.0 Å². The van der Waals surface area contributed by atoms with Gasteiger partial charge in [0, 0.05) is 0 Å². The van der Waals surface area contributed by atoms with Gasteiger partial charge in [-0.15, -0.1) is 0 Å². The summed E-state index contributed by atoms with van der Waals surface area (Å²) in [7, 11) is 0. The van der Waals surface area contributed by atoms with Crippen molar-refractivity contribution in [2.75, 3.05) is 12.3 Å². The van der Waals surface area contributed by atoms with Gasteiger partial charge in [0.2, 0.25) is 0 Å². The lowest BCUT2D eigenvalue weighted by Gasteiger charge is -2.05. The van der Waals surface area contributed by atoms with Crippen LogP contribution in [0.2, 0.25) is 0 Å². The standard InChI is InChI=1S/C9H15N3O/c1-7(2)3-4-13-9-11-5-8(10)6-12-9/h5-7H,3-4,10H2,1-2H3. The van der Waals surface area contributed by atoms with E-state index in [1.165, 1.54) is 12.4 Å². The Labute approximate surface area is 78.1 Å². The van der Waals surface area contributed by atoms with Crippen molar-refractivity contribution in [1.82, 2.24) is 9.97 Å². The average molecular weight is 181 g/mol. The van der Waals surface area contributed by atoms with Gasteiger partial charge in [-0.1, -0.05) is 13.8 Å². The summed E-state index contributed by atoms with van der Waals surface area (Å²) in [6.07, 6.45) is 4.09. The summed E-state index contributed by atoms with van der Waals surface area (Å²) in [4.78, 5) is 7.83. The van der Waals surface area contributed by atoms with Crippen molar-refractivity contribution in [3.05, 3.63) is 12.4 Å². The second kappa shape index (κ2) is 4.64. The van der Waals surface area contributed by atoms with E-state index in [-0.39, 0.29) is 0 Å². The first-order valence-electron chi connectivity index (χ1n) is 4.39. The van der Waals surface area contributed by atoms with Crippen LogP contribution in [0.5, 0.6) is 6.01 Å². The average Bonchev–Trinajstić information content (AvgIpc) is 2.08. The van der Waals surface area contributed by atoms with Gasteiger partial charge in [0.15, 0.2) is 0 Å². The van der Waals surface area contributed by atoms with Crippen LogP contribution >= 0.6 is 0 Å². The molecule has 1 aromatic heterocycles. The van der Waals surface area contributed by atoms with Gasteiger partial charge >= 0.3 is 6.01 Å². The minimum absolute atomic E-state index is 0.398. The molecule has 0 saturated carbocycles. The molecule has 2 N–H and O–H groups in total. The zero-order valence-corrected chi connectivity index (χ0v) is 8.03. The predicted molar refractivity (Wildman–Crippen MR) is 51.4 cm³/mol. The van der Waals surface area contributed by atoms with E-state index in [1.54, 1.807) is 0 Å². The van der Waals surface area contributed by atoms with E-state index in [0.717, 1.165) is 6.42 Å². The lowest BCUT2D eigenvalue weighted by atomic mass is 10.1. The molecule has 0 fully saturated rings. The quantitative estimate of drug-likeness (QED) is 0.764. The van der Waals surface area contributed by atoms with Gasteiger partial charge in [-0.2, -0.15) is 0 Å². The van der Waals surface area contributed by atoms with Crippen molar-refractivity contribution in [3.63, 3.8) is 0 Å². The highest BCUT2D eigenvalue weighted by atomic mass is 16.5. The molecule has 1 rings (SSSR count). The van der Waals surface area contributed by atoms with E-state index in [0.29, 0.717) is 24.2 Å². The maximum atomic E-state index is 5.42. The third-order valence-corrected chi connectivity index (χ3v) is 1.57. The summed E-state index contributed by atoms with van der Waals surface area (Å²) in [6.45, 7) is 4.95. The summed E-state index contributed by atoms with van der Waals surface area (Å²) in [5.41, 5.74) is 5.98. The molecule has 4 nitrogen and oxygen atoms in total. The Balaban J connectivity index is 2.33. The van der Waals surface area contributed by atoms with Crippen molar-refractivity contribution in [2.45, 2.75) is 20.3 Å². The minimum atomic E-state index is 0.398. The first kappa shape index (κ1) is 9.77. The molecule has 1 heterocycles. The number of hydrogen-bond donors (Lipinski definition) is 1. The van der Waals surface area contributed by atoms with E-state index in [9.17, 15) is 0 Å². The molecule has 0 radical (unpaired) electrons. The second-order valence-electron chi connectivity index (χ2n) is 3.33. The van der Waals surface area contributed by atoms with Crippen molar-refractivity contribution >= 4 is 5.69 Å². The summed E-state index contributed by atoms with van der Waals surface area (Å²) >= 11 is 0. The molecule has 1 aromatic rings. The van der Waals surface area contributed by atoms with Crippen LogP contribution in [-0.2, 0) is 0 Å². The van der Waals surface area contributed by atoms with Gasteiger partial charge in [-0.05, 0) is 12.3 Å². The summed E-state index contributed by atoms with van der Waals surface area (Å²) in [6, 6.07) is 0.398. The number of nitrogen functional groups attached to an aromatic ring is 1. The first-order valence-corrected chi connectivity index (χ1v) is 4.39. The molecule has 13 heavy (non-hydrogen) atoms. The summed E-state index contributed by atoms with van der Waals surface area (Å²) < 4.78 is 5.29. The van der Waals surface area contributed by atoms with Crippen LogP contribution in [0.3, 0.4) is 0 Å². The number of ether oxygens (including phenoxy) is 1. The van der Waals surface area contributed by atoms with Crippen LogP contribution in [0.4, 0.5) is 5.69 Å². The van der Waals surface area contributed by atoms with Crippen LogP contribution in [0.25, 0.3) is 0 Å². The third-order valence-electron chi connectivity index (χ3n) is 1.57. The maximum Gasteiger partial charge on any atom is 0.316 e. The van der Waals surface area contributed by atoms with E-state index < -0.39 is 0 Å². The number of rotatable bonds is 4. The Bertz CT molecular complexity index is 246. The van der Waals surface area contributed by atoms with Crippen molar-refractivity contribution < 1.29 is 4.74 Å². The highest BCUT2D eigenvalue weighted by Crippen LogP contribution is 2.05. The second-order valence-corrected chi connectivity index (χ2v) is 3.33. The smallest absolute Gasteiger partial charge is 0.316 e.